The molecule has 1 saturated carbocycles. The maximum atomic E-state index is 10.1. The van der Waals surface area contributed by atoms with E-state index in [0.717, 1.165) is 12.8 Å². The van der Waals surface area contributed by atoms with E-state index >= 15 is 0 Å². The number of carbonyl (C=O) groups excluding carboxylic acids is 1. The molecule has 0 aliphatic heterocycles. The zero-order valence-corrected chi connectivity index (χ0v) is 5.59. The molecular weight excluding hydrogens is 116 g/mol. The minimum atomic E-state index is 0.0740. The average Bonchev–Trinajstić information content (AvgIpc) is 1.82. The van der Waals surface area contributed by atoms with Gasteiger partial charge in [0.05, 0.1) is 12.0 Å². The molecule has 1 radical (unpaired) electrons. The summed E-state index contributed by atoms with van der Waals surface area (Å²) in [6, 6.07) is 0. The topological polar surface area (TPSA) is 26.3 Å². The molecule has 0 bridgehead atoms. The molecule has 1 aliphatic rings. The van der Waals surface area contributed by atoms with Gasteiger partial charge in [-0.3, -0.25) is 4.79 Å². The van der Waals surface area contributed by atoms with Crippen molar-refractivity contribution in [1.29, 1.82) is 0 Å². The smallest absolute Gasteiger partial charge is 0.204 e. The van der Waals surface area contributed by atoms with E-state index < -0.39 is 0 Å². The Hall–Kier alpha value is -0.370. The first-order chi connectivity index (χ1) is 4.38. The molecule has 2 nitrogen and oxygen atoms in total. The predicted octanol–water partition coefficient (Wildman–Crippen LogP) is 0.911. The fourth-order valence-corrected chi connectivity index (χ4v) is 1.02. The van der Waals surface area contributed by atoms with Crippen molar-refractivity contribution in [1.82, 2.24) is 0 Å². The number of hydrogen-bond acceptors (Lipinski definition) is 2. The van der Waals surface area contributed by atoms with Gasteiger partial charge in [-0.1, -0.05) is 0 Å². The highest BCUT2D eigenvalue weighted by molar-refractivity contribution is 5.57. The van der Waals surface area contributed by atoms with Crippen molar-refractivity contribution in [3.63, 3.8) is 0 Å². The molecule has 2 unspecified atom stereocenters. The van der Waals surface area contributed by atoms with E-state index in [-0.39, 0.29) is 12.0 Å². The largest absolute Gasteiger partial charge is 0.378 e. The normalized spacial score (nSPS) is 33.4. The summed E-state index contributed by atoms with van der Waals surface area (Å²) in [5.74, 6) is 0.0740. The van der Waals surface area contributed by atoms with Gasteiger partial charge >= 0.3 is 0 Å². The van der Waals surface area contributed by atoms with Gasteiger partial charge in [0.25, 0.3) is 0 Å². The summed E-state index contributed by atoms with van der Waals surface area (Å²) in [5, 5.41) is 0. The minimum Gasteiger partial charge on any atom is -0.378 e. The summed E-state index contributed by atoms with van der Waals surface area (Å²) >= 11 is 0. The van der Waals surface area contributed by atoms with Crippen LogP contribution < -0.4 is 0 Å². The fourth-order valence-electron chi connectivity index (χ4n) is 1.02. The maximum absolute atomic E-state index is 10.1. The highest BCUT2D eigenvalue weighted by atomic mass is 16.5. The van der Waals surface area contributed by atoms with Gasteiger partial charge in [0.1, 0.15) is 0 Å². The van der Waals surface area contributed by atoms with E-state index in [1.54, 1.807) is 0 Å². The Morgan fingerprint density at radius 2 is 2.44 bits per heavy atom. The van der Waals surface area contributed by atoms with Gasteiger partial charge in [-0.05, 0) is 19.8 Å². The summed E-state index contributed by atoms with van der Waals surface area (Å²) in [7, 11) is 0. The molecule has 0 aromatic rings. The van der Waals surface area contributed by atoms with Crippen LogP contribution in [0.1, 0.15) is 19.8 Å². The minimum absolute atomic E-state index is 0.0740. The van der Waals surface area contributed by atoms with Gasteiger partial charge in [-0.25, -0.2) is 0 Å². The molecule has 1 aliphatic carbocycles. The predicted molar refractivity (Wildman–Crippen MR) is 33.8 cm³/mol. The number of ether oxygens (including phenoxy) is 1. The molecule has 2 atom stereocenters. The lowest BCUT2D eigenvalue weighted by Gasteiger charge is -2.31. The lowest BCUT2D eigenvalue weighted by Crippen LogP contribution is -2.34. The lowest BCUT2D eigenvalue weighted by molar-refractivity contribution is -0.0156. The van der Waals surface area contributed by atoms with Crippen LogP contribution in [0.15, 0.2) is 0 Å². The van der Waals surface area contributed by atoms with E-state index in [2.05, 4.69) is 0 Å². The first-order valence-corrected chi connectivity index (χ1v) is 3.37. The lowest BCUT2D eigenvalue weighted by atomic mass is 9.83. The van der Waals surface area contributed by atoms with Crippen molar-refractivity contribution in [3.8, 4) is 0 Å². The third-order valence-corrected chi connectivity index (χ3v) is 1.74. The van der Waals surface area contributed by atoms with Crippen molar-refractivity contribution in [2.45, 2.75) is 25.9 Å². The van der Waals surface area contributed by atoms with Crippen molar-refractivity contribution in [3.05, 3.63) is 0 Å². The van der Waals surface area contributed by atoms with Crippen LogP contribution in [0.4, 0.5) is 0 Å². The standard InChI is InChI=1S/C7H11O2/c1-2-9-7-4-3-6(7)5-8/h6-7H,2-4H2,1H3. The van der Waals surface area contributed by atoms with E-state index in [0.29, 0.717) is 6.61 Å². The zero-order chi connectivity index (χ0) is 6.69. The van der Waals surface area contributed by atoms with Crippen LogP contribution in [-0.2, 0) is 9.53 Å². The van der Waals surface area contributed by atoms with Crippen LogP contribution in [0.3, 0.4) is 0 Å². The molecular formula is C7H11O2. The molecule has 1 rings (SSSR count). The molecule has 0 amide bonds. The molecule has 1 fully saturated rings. The van der Waals surface area contributed by atoms with Crippen LogP contribution in [0.25, 0.3) is 0 Å². The summed E-state index contributed by atoms with van der Waals surface area (Å²) in [5.41, 5.74) is 0. The van der Waals surface area contributed by atoms with Crippen LogP contribution in [-0.4, -0.2) is 19.0 Å². The van der Waals surface area contributed by atoms with Crippen molar-refractivity contribution in [2.24, 2.45) is 5.92 Å². The van der Waals surface area contributed by atoms with Gasteiger partial charge in [0.15, 0.2) is 0 Å². The van der Waals surface area contributed by atoms with Crippen LogP contribution >= 0.6 is 0 Å². The molecule has 51 valence electrons. The summed E-state index contributed by atoms with van der Waals surface area (Å²) in [4.78, 5) is 10.1. The highest BCUT2D eigenvalue weighted by Crippen LogP contribution is 2.27. The van der Waals surface area contributed by atoms with E-state index in [4.69, 9.17) is 4.74 Å². The second-order valence-electron chi connectivity index (χ2n) is 2.30. The second kappa shape index (κ2) is 2.97. The van der Waals surface area contributed by atoms with Gasteiger partial charge < -0.3 is 4.74 Å². The Balaban J connectivity index is 2.18. The molecule has 0 heterocycles. The monoisotopic (exact) mass is 127 g/mol. The van der Waals surface area contributed by atoms with E-state index in [1.807, 2.05) is 13.2 Å². The highest BCUT2D eigenvalue weighted by Gasteiger charge is 2.31. The zero-order valence-electron chi connectivity index (χ0n) is 5.59. The Morgan fingerprint density at radius 3 is 2.78 bits per heavy atom. The molecule has 2 heteroatoms. The Kier molecular flexibility index (Phi) is 2.22. The third-order valence-electron chi connectivity index (χ3n) is 1.74. The van der Waals surface area contributed by atoms with Gasteiger partial charge in [0.2, 0.25) is 6.29 Å². The van der Waals surface area contributed by atoms with Gasteiger partial charge in [0, 0.05) is 6.61 Å². The Morgan fingerprint density at radius 1 is 1.67 bits per heavy atom. The molecule has 0 N–H and O–H groups in total. The summed E-state index contributed by atoms with van der Waals surface area (Å²) in [6.07, 6.45) is 4.15. The van der Waals surface area contributed by atoms with Crippen molar-refractivity contribution >= 4 is 6.29 Å². The maximum Gasteiger partial charge on any atom is 0.204 e. The molecule has 0 aromatic carbocycles. The van der Waals surface area contributed by atoms with E-state index in [1.165, 1.54) is 0 Å². The first kappa shape index (κ1) is 6.75. The van der Waals surface area contributed by atoms with Crippen LogP contribution in [0.2, 0.25) is 0 Å². The number of rotatable bonds is 3. The first-order valence-electron chi connectivity index (χ1n) is 3.37. The molecule has 9 heavy (non-hydrogen) atoms. The SMILES string of the molecule is CCOC1CCC1[C]=O. The van der Waals surface area contributed by atoms with Crippen LogP contribution in [0, 0.1) is 5.92 Å². The Labute approximate surface area is 55.2 Å². The average molecular weight is 127 g/mol. The van der Waals surface area contributed by atoms with Gasteiger partial charge in [-0.15, -0.1) is 0 Å². The van der Waals surface area contributed by atoms with Crippen LogP contribution in [0.5, 0.6) is 0 Å². The molecule has 0 aromatic heterocycles. The number of hydrogen-bond donors (Lipinski definition) is 0. The summed E-state index contributed by atoms with van der Waals surface area (Å²) in [6.45, 7) is 2.66. The molecule has 0 saturated heterocycles. The van der Waals surface area contributed by atoms with Crippen molar-refractivity contribution in [2.75, 3.05) is 6.61 Å². The quantitative estimate of drug-likeness (QED) is 0.563. The summed E-state index contributed by atoms with van der Waals surface area (Å²) < 4.78 is 5.22. The third kappa shape index (κ3) is 1.30. The Bertz CT molecular complexity index is 101. The second-order valence-corrected chi connectivity index (χ2v) is 2.30. The molecule has 0 spiro atoms. The van der Waals surface area contributed by atoms with Crippen molar-refractivity contribution < 1.29 is 9.53 Å². The fraction of sp³-hybridized carbons (Fsp3) is 0.857. The van der Waals surface area contributed by atoms with E-state index in [9.17, 15) is 4.79 Å². The van der Waals surface area contributed by atoms with Gasteiger partial charge in [-0.2, -0.15) is 0 Å².